The molecule has 2 aromatic carbocycles. The molecule has 0 bridgehead atoms. The van der Waals surface area contributed by atoms with E-state index in [9.17, 15) is 9.59 Å². The van der Waals surface area contributed by atoms with Crippen LogP contribution in [0.3, 0.4) is 0 Å². The van der Waals surface area contributed by atoms with Gasteiger partial charge in [0.25, 0.3) is 5.91 Å². The van der Waals surface area contributed by atoms with Crippen LogP contribution in [0.25, 0.3) is 0 Å². The summed E-state index contributed by atoms with van der Waals surface area (Å²) >= 11 is 0. The number of nitrogens with zero attached hydrogens (tertiary/aromatic N) is 1. The Bertz CT molecular complexity index is 834. The van der Waals surface area contributed by atoms with Gasteiger partial charge in [0.1, 0.15) is 17.5 Å². The smallest absolute Gasteiger partial charge is 0.261 e. The van der Waals surface area contributed by atoms with Crippen LogP contribution < -0.4 is 14.8 Å². The fourth-order valence-corrected chi connectivity index (χ4v) is 3.15. The maximum atomic E-state index is 13.2. The molecule has 6 heteroatoms. The van der Waals surface area contributed by atoms with Crippen molar-refractivity contribution in [2.24, 2.45) is 0 Å². The number of benzene rings is 2. The molecule has 0 saturated heterocycles. The fraction of sp³-hybridized carbons (Fsp3) is 0.440. The van der Waals surface area contributed by atoms with Crippen molar-refractivity contribution < 1.29 is 19.1 Å². The van der Waals surface area contributed by atoms with Gasteiger partial charge in [-0.3, -0.25) is 9.59 Å². The van der Waals surface area contributed by atoms with E-state index in [1.54, 1.807) is 36.3 Å². The first kappa shape index (κ1) is 24.3. The van der Waals surface area contributed by atoms with Crippen molar-refractivity contribution in [3.05, 3.63) is 59.7 Å². The summed E-state index contributed by atoms with van der Waals surface area (Å²) in [6, 6.07) is 14.5. The molecule has 0 aromatic heterocycles. The highest BCUT2D eigenvalue weighted by atomic mass is 16.5. The number of carbonyl (C=O) groups excluding carboxylic acids is 2. The molecule has 0 aliphatic carbocycles. The maximum absolute atomic E-state index is 13.2. The van der Waals surface area contributed by atoms with Gasteiger partial charge in [0.15, 0.2) is 6.61 Å². The Morgan fingerprint density at radius 3 is 2.13 bits per heavy atom. The lowest BCUT2D eigenvalue weighted by Gasteiger charge is -2.31. The lowest BCUT2D eigenvalue weighted by molar-refractivity contribution is -0.143. The van der Waals surface area contributed by atoms with Gasteiger partial charge in [0, 0.05) is 12.6 Å². The van der Waals surface area contributed by atoms with Gasteiger partial charge >= 0.3 is 0 Å². The molecular weight excluding hydrogens is 392 g/mol. The summed E-state index contributed by atoms with van der Waals surface area (Å²) in [5.41, 5.74) is 2.12. The van der Waals surface area contributed by atoms with Crippen molar-refractivity contribution >= 4 is 11.8 Å². The van der Waals surface area contributed by atoms with Crippen molar-refractivity contribution in [3.8, 4) is 11.5 Å². The van der Waals surface area contributed by atoms with E-state index in [0.29, 0.717) is 24.5 Å². The molecule has 0 radical (unpaired) electrons. The van der Waals surface area contributed by atoms with E-state index in [2.05, 4.69) is 5.32 Å². The van der Waals surface area contributed by atoms with Gasteiger partial charge in [-0.05, 0) is 56.5 Å². The summed E-state index contributed by atoms with van der Waals surface area (Å²) in [7, 11) is 1.59. The number of rotatable bonds is 11. The van der Waals surface area contributed by atoms with Gasteiger partial charge < -0.3 is 19.7 Å². The average Bonchev–Trinajstić information content (AvgIpc) is 2.78. The van der Waals surface area contributed by atoms with E-state index in [1.807, 2.05) is 52.0 Å². The minimum absolute atomic E-state index is 0.0495. The number of hydrogen-bond acceptors (Lipinski definition) is 4. The third kappa shape index (κ3) is 7.31. The van der Waals surface area contributed by atoms with Crippen molar-refractivity contribution in [1.29, 1.82) is 0 Å². The molecule has 0 fully saturated rings. The van der Waals surface area contributed by atoms with Crippen LogP contribution >= 0.6 is 0 Å². The van der Waals surface area contributed by atoms with Crippen LogP contribution in [0.1, 0.15) is 44.7 Å². The second-order valence-electron chi connectivity index (χ2n) is 7.71. The first-order valence-corrected chi connectivity index (χ1v) is 10.8. The molecule has 2 aromatic rings. The van der Waals surface area contributed by atoms with Crippen LogP contribution in [0.15, 0.2) is 48.5 Å². The molecule has 2 amide bonds. The second kappa shape index (κ2) is 12.0. The molecule has 0 aliphatic rings. The van der Waals surface area contributed by atoms with Crippen LogP contribution in [-0.2, 0) is 16.1 Å². The predicted octanol–water partition coefficient (Wildman–Crippen LogP) is 4.10. The molecule has 1 N–H and O–H groups in total. The van der Waals surface area contributed by atoms with Crippen LogP contribution in [0.2, 0.25) is 0 Å². The number of ether oxygens (including phenoxy) is 2. The van der Waals surface area contributed by atoms with E-state index in [-0.39, 0.29) is 24.5 Å². The normalized spacial score (nSPS) is 12.5. The number of amides is 2. The maximum Gasteiger partial charge on any atom is 0.261 e. The minimum Gasteiger partial charge on any atom is -0.497 e. The van der Waals surface area contributed by atoms with Crippen molar-refractivity contribution in [2.75, 3.05) is 13.7 Å². The fourth-order valence-electron chi connectivity index (χ4n) is 3.15. The first-order valence-electron chi connectivity index (χ1n) is 10.8. The summed E-state index contributed by atoms with van der Waals surface area (Å²) in [4.78, 5) is 27.7. The largest absolute Gasteiger partial charge is 0.497 e. The minimum atomic E-state index is -0.567. The topological polar surface area (TPSA) is 67.9 Å². The third-order valence-electron chi connectivity index (χ3n) is 5.28. The number of nitrogens with one attached hydrogen (secondary N) is 1. The highest BCUT2D eigenvalue weighted by Gasteiger charge is 2.29. The van der Waals surface area contributed by atoms with Crippen molar-refractivity contribution in [3.63, 3.8) is 0 Å². The molecule has 2 atom stereocenters. The summed E-state index contributed by atoms with van der Waals surface area (Å²) < 4.78 is 10.8. The Kier molecular flexibility index (Phi) is 9.38. The van der Waals surface area contributed by atoms with Gasteiger partial charge in [-0.25, -0.2) is 0 Å². The third-order valence-corrected chi connectivity index (χ3v) is 5.28. The molecule has 0 spiro atoms. The lowest BCUT2D eigenvalue weighted by Crippen LogP contribution is -2.51. The SMILES string of the molecule is CC[C@H](C)NC(=O)[C@H](CC)N(Cc1ccc(C)cc1)C(=O)COc1ccc(OC)cc1. The Morgan fingerprint density at radius 2 is 1.58 bits per heavy atom. The van der Waals surface area contributed by atoms with E-state index >= 15 is 0 Å². The van der Waals surface area contributed by atoms with Crippen LogP contribution in [-0.4, -0.2) is 42.5 Å². The van der Waals surface area contributed by atoms with Gasteiger partial charge in [-0.1, -0.05) is 43.7 Å². The van der Waals surface area contributed by atoms with Crippen LogP contribution in [0.4, 0.5) is 0 Å². The summed E-state index contributed by atoms with van der Waals surface area (Å²) in [6.07, 6.45) is 1.34. The van der Waals surface area contributed by atoms with Gasteiger partial charge in [0.05, 0.1) is 7.11 Å². The van der Waals surface area contributed by atoms with Gasteiger partial charge in [0.2, 0.25) is 5.91 Å². The molecule has 31 heavy (non-hydrogen) atoms. The molecular formula is C25H34N2O4. The number of aryl methyl sites for hydroxylation is 1. The molecule has 0 aliphatic heterocycles. The molecule has 2 rings (SSSR count). The van der Waals surface area contributed by atoms with Gasteiger partial charge in [-0.2, -0.15) is 0 Å². The van der Waals surface area contributed by atoms with E-state index in [0.717, 1.165) is 17.5 Å². The highest BCUT2D eigenvalue weighted by molar-refractivity contribution is 5.88. The summed E-state index contributed by atoms with van der Waals surface area (Å²) in [5, 5.41) is 3.01. The quantitative estimate of drug-likeness (QED) is 0.587. The van der Waals surface area contributed by atoms with Crippen LogP contribution in [0, 0.1) is 6.92 Å². The van der Waals surface area contributed by atoms with Crippen molar-refractivity contribution in [2.45, 2.75) is 59.2 Å². The van der Waals surface area contributed by atoms with E-state index < -0.39 is 6.04 Å². The summed E-state index contributed by atoms with van der Waals surface area (Å²) in [6.45, 7) is 8.11. The molecule has 6 nitrogen and oxygen atoms in total. The van der Waals surface area contributed by atoms with Gasteiger partial charge in [-0.15, -0.1) is 0 Å². The number of methoxy groups -OCH3 is 1. The highest BCUT2D eigenvalue weighted by Crippen LogP contribution is 2.18. The Balaban J connectivity index is 2.18. The van der Waals surface area contributed by atoms with E-state index in [4.69, 9.17) is 9.47 Å². The number of carbonyl (C=O) groups is 2. The van der Waals surface area contributed by atoms with E-state index in [1.165, 1.54) is 0 Å². The zero-order valence-electron chi connectivity index (χ0n) is 19.2. The predicted molar refractivity (Wildman–Crippen MR) is 122 cm³/mol. The zero-order chi connectivity index (χ0) is 22.8. The average molecular weight is 427 g/mol. The summed E-state index contributed by atoms with van der Waals surface area (Å²) in [5.74, 6) is 0.915. The Labute approximate surface area is 185 Å². The molecule has 0 heterocycles. The molecule has 0 saturated carbocycles. The lowest BCUT2D eigenvalue weighted by atomic mass is 10.1. The molecule has 168 valence electrons. The van der Waals surface area contributed by atoms with Crippen LogP contribution in [0.5, 0.6) is 11.5 Å². The Morgan fingerprint density at radius 1 is 0.968 bits per heavy atom. The first-order chi connectivity index (χ1) is 14.9. The second-order valence-corrected chi connectivity index (χ2v) is 7.71. The Hall–Kier alpha value is -3.02. The standard InChI is InChI=1S/C25H34N2O4/c1-6-19(4)26-25(29)23(7-2)27(16-20-10-8-18(3)9-11-20)24(28)17-31-22-14-12-21(30-5)13-15-22/h8-15,19,23H,6-7,16-17H2,1-5H3,(H,26,29)/t19-,23-/m0/s1. The monoisotopic (exact) mass is 426 g/mol. The zero-order valence-corrected chi connectivity index (χ0v) is 19.2. The number of hydrogen-bond donors (Lipinski definition) is 1. The molecule has 0 unspecified atom stereocenters. The van der Waals surface area contributed by atoms with Crippen molar-refractivity contribution in [1.82, 2.24) is 10.2 Å².